The van der Waals surface area contributed by atoms with Crippen molar-refractivity contribution in [3.05, 3.63) is 71.2 Å². The molecule has 1 N–H and O–H groups in total. The molecular weight excluding hydrogens is 410 g/mol. The highest BCUT2D eigenvalue weighted by molar-refractivity contribution is 6.32. The molecule has 1 aliphatic heterocycles. The SMILES string of the molecule is CC[C@@H](C)Oc1ccc(NC(=O)C2(c3ccccc3Cl)CCOCC2)c2ccccc12. The predicted molar refractivity (Wildman–Crippen MR) is 126 cm³/mol. The molecule has 1 saturated heterocycles. The van der Waals surface area contributed by atoms with Crippen molar-refractivity contribution in [3.63, 3.8) is 0 Å². The van der Waals surface area contributed by atoms with Crippen LogP contribution < -0.4 is 10.1 Å². The fourth-order valence-electron chi connectivity index (χ4n) is 4.21. The first kappa shape index (κ1) is 21.7. The van der Waals surface area contributed by atoms with E-state index in [1.807, 2.05) is 60.7 Å². The summed E-state index contributed by atoms with van der Waals surface area (Å²) in [4.78, 5) is 13.7. The first-order valence-corrected chi connectivity index (χ1v) is 11.3. The largest absolute Gasteiger partial charge is 0.490 e. The second kappa shape index (κ2) is 9.29. The lowest BCUT2D eigenvalue weighted by atomic mass is 9.73. The van der Waals surface area contributed by atoms with Crippen LogP contribution in [-0.4, -0.2) is 25.2 Å². The van der Waals surface area contributed by atoms with Gasteiger partial charge in [0.05, 0.1) is 11.5 Å². The Morgan fingerprint density at radius 1 is 1.06 bits per heavy atom. The summed E-state index contributed by atoms with van der Waals surface area (Å²) < 4.78 is 11.7. The molecular formula is C26H28ClNO3. The van der Waals surface area contributed by atoms with Crippen LogP contribution in [0.5, 0.6) is 5.75 Å². The number of amides is 1. The Labute approximate surface area is 188 Å². The van der Waals surface area contributed by atoms with Crippen LogP contribution in [0.1, 0.15) is 38.7 Å². The molecule has 3 aromatic rings. The number of anilines is 1. The molecule has 0 aliphatic carbocycles. The number of carbonyl (C=O) groups excluding carboxylic acids is 1. The van der Waals surface area contributed by atoms with Crippen LogP contribution in [0.4, 0.5) is 5.69 Å². The standard InChI is InChI=1S/C26H28ClNO3/c1-3-18(2)31-24-13-12-23(19-8-4-5-9-20(19)24)28-25(29)26(14-16-30-17-15-26)21-10-6-7-11-22(21)27/h4-13,18H,3,14-17H2,1-2H3,(H,28,29)/t18-/m1/s1. The fourth-order valence-corrected chi connectivity index (χ4v) is 4.53. The number of nitrogens with one attached hydrogen (secondary N) is 1. The van der Waals surface area contributed by atoms with Gasteiger partial charge in [-0.2, -0.15) is 0 Å². The van der Waals surface area contributed by atoms with Crippen molar-refractivity contribution in [3.8, 4) is 5.75 Å². The van der Waals surface area contributed by atoms with Gasteiger partial charge in [0, 0.05) is 34.7 Å². The van der Waals surface area contributed by atoms with Gasteiger partial charge in [0.25, 0.3) is 0 Å². The van der Waals surface area contributed by atoms with Crippen LogP contribution in [-0.2, 0) is 14.9 Å². The summed E-state index contributed by atoms with van der Waals surface area (Å²) in [5.41, 5.74) is 0.914. The smallest absolute Gasteiger partial charge is 0.235 e. The Hall–Kier alpha value is -2.56. The molecule has 4 nitrogen and oxygen atoms in total. The molecule has 5 heteroatoms. The molecule has 1 aliphatic rings. The van der Waals surface area contributed by atoms with E-state index in [0.29, 0.717) is 31.1 Å². The Morgan fingerprint density at radius 2 is 1.74 bits per heavy atom. The highest BCUT2D eigenvalue weighted by Crippen LogP contribution is 2.41. The monoisotopic (exact) mass is 437 g/mol. The minimum Gasteiger partial charge on any atom is -0.490 e. The first-order valence-electron chi connectivity index (χ1n) is 10.9. The van der Waals surface area contributed by atoms with Crippen LogP contribution in [0.3, 0.4) is 0 Å². The number of ether oxygens (including phenoxy) is 2. The summed E-state index contributed by atoms with van der Waals surface area (Å²) in [6.07, 6.45) is 2.23. The third-order valence-corrected chi connectivity index (χ3v) is 6.54. The third-order valence-electron chi connectivity index (χ3n) is 6.21. The molecule has 0 spiro atoms. The molecule has 1 amide bonds. The Balaban J connectivity index is 1.72. The van der Waals surface area contributed by atoms with Crippen molar-refractivity contribution in [2.45, 2.75) is 44.6 Å². The van der Waals surface area contributed by atoms with Gasteiger partial charge >= 0.3 is 0 Å². The van der Waals surface area contributed by atoms with Crippen LogP contribution in [0.15, 0.2) is 60.7 Å². The maximum atomic E-state index is 13.7. The second-order valence-corrected chi connectivity index (χ2v) is 8.53. The third kappa shape index (κ3) is 4.28. The zero-order chi connectivity index (χ0) is 21.8. The van der Waals surface area contributed by atoms with E-state index in [1.165, 1.54) is 0 Å². The molecule has 0 bridgehead atoms. The molecule has 0 radical (unpaired) electrons. The molecule has 4 rings (SSSR count). The molecule has 31 heavy (non-hydrogen) atoms. The van der Waals surface area contributed by atoms with E-state index in [9.17, 15) is 4.79 Å². The summed E-state index contributed by atoms with van der Waals surface area (Å²) in [6, 6.07) is 19.5. The minimum absolute atomic E-state index is 0.0513. The predicted octanol–water partition coefficient (Wildman–Crippen LogP) is 6.36. The van der Waals surface area contributed by atoms with Crippen molar-refractivity contribution in [2.75, 3.05) is 18.5 Å². The van der Waals surface area contributed by atoms with E-state index in [4.69, 9.17) is 21.1 Å². The number of hydrogen-bond donors (Lipinski definition) is 1. The number of rotatable bonds is 6. The van der Waals surface area contributed by atoms with Gasteiger partial charge < -0.3 is 14.8 Å². The summed E-state index contributed by atoms with van der Waals surface area (Å²) in [5.74, 6) is 0.777. The average molecular weight is 438 g/mol. The van der Waals surface area contributed by atoms with E-state index in [2.05, 4.69) is 19.2 Å². The maximum absolute atomic E-state index is 13.7. The molecule has 1 heterocycles. The summed E-state index contributed by atoms with van der Waals surface area (Å²) in [6.45, 7) is 5.22. The van der Waals surface area contributed by atoms with Gasteiger partial charge in [-0.15, -0.1) is 0 Å². The zero-order valence-corrected chi connectivity index (χ0v) is 18.7. The maximum Gasteiger partial charge on any atom is 0.235 e. The Kier molecular flexibility index (Phi) is 6.49. The lowest BCUT2D eigenvalue weighted by Gasteiger charge is -2.37. The first-order chi connectivity index (χ1) is 15.0. The normalized spacial score (nSPS) is 16.6. The van der Waals surface area contributed by atoms with Gasteiger partial charge in [-0.3, -0.25) is 4.79 Å². The highest BCUT2D eigenvalue weighted by atomic mass is 35.5. The van der Waals surface area contributed by atoms with Crippen LogP contribution in [0.2, 0.25) is 5.02 Å². The Morgan fingerprint density at radius 3 is 2.45 bits per heavy atom. The van der Waals surface area contributed by atoms with Crippen molar-refractivity contribution in [1.82, 2.24) is 0 Å². The van der Waals surface area contributed by atoms with E-state index >= 15 is 0 Å². The van der Waals surface area contributed by atoms with Gasteiger partial charge in [-0.1, -0.05) is 61.0 Å². The van der Waals surface area contributed by atoms with Gasteiger partial charge in [0.1, 0.15) is 5.75 Å². The molecule has 0 unspecified atom stereocenters. The van der Waals surface area contributed by atoms with E-state index < -0.39 is 5.41 Å². The Bertz CT molecular complexity index is 1080. The topological polar surface area (TPSA) is 47.6 Å². The van der Waals surface area contributed by atoms with Crippen LogP contribution in [0.25, 0.3) is 10.8 Å². The zero-order valence-electron chi connectivity index (χ0n) is 18.0. The van der Waals surface area contributed by atoms with Gasteiger partial charge in [0.15, 0.2) is 0 Å². The lowest BCUT2D eigenvalue weighted by molar-refractivity contribution is -0.125. The van der Waals surface area contributed by atoms with Crippen molar-refractivity contribution >= 4 is 34.0 Å². The van der Waals surface area contributed by atoms with Gasteiger partial charge in [-0.05, 0) is 49.9 Å². The summed E-state index contributed by atoms with van der Waals surface area (Å²) >= 11 is 6.53. The molecule has 3 aromatic carbocycles. The number of carbonyl (C=O) groups is 1. The fraction of sp³-hybridized carbons (Fsp3) is 0.346. The number of halogens is 1. The second-order valence-electron chi connectivity index (χ2n) is 8.12. The van der Waals surface area contributed by atoms with E-state index in [0.717, 1.165) is 34.2 Å². The number of benzene rings is 3. The van der Waals surface area contributed by atoms with Crippen LogP contribution in [0, 0.1) is 0 Å². The van der Waals surface area contributed by atoms with E-state index in [-0.39, 0.29) is 12.0 Å². The number of hydrogen-bond acceptors (Lipinski definition) is 3. The van der Waals surface area contributed by atoms with Crippen molar-refractivity contribution in [2.24, 2.45) is 0 Å². The quantitative estimate of drug-likeness (QED) is 0.488. The van der Waals surface area contributed by atoms with Gasteiger partial charge in [-0.25, -0.2) is 0 Å². The van der Waals surface area contributed by atoms with E-state index in [1.54, 1.807) is 0 Å². The average Bonchev–Trinajstić information content (AvgIpc) is 2.81. The molecule has 162 valence electrons. The van der Waals surface area contributed by atoms with Crippen LogP contribution >= 0.6 is 11.6 Å². The molecule has 1 fully saturated rings. The minimum atomic E-state index is -0.719. The molecule has 0 aromatic heterocycles. The van der Waals surface area contributed by atoms with Crippen molar-refractivity contribution in [1.29, 1.82) is 0 Å². The number of fused-ring (bicyclic) bond motifs is 1. The highest BCUT2D eigenvalue weighted by Gasteiger charge is 2.43. The molecule has 0 saturated carbocycles. The van der Waals surface area contributed by atoms with Gasteiger partial charge in [0.2, 0.25) is 5.91 Å². The molecule has 1 atom stereocenters. The summed E-state index contributed by atoms with van der Waals surface area (Å²) in [7, 11) is 0. The lowest BCUT2D eigenvalue weighted by Crippen LogP contribution is -2.45. The summed E-state index contributed by atoms with van der Waals surface area (Å²) in [5, 5.41) is 5.76. The van der Waals surface area contributed by atoms with Crippen molar-refractivity contribution < 1.29 is 14.3 Å².